The molecule has 3 aromatic carbocycles. The molecule has 1 amide bonds. The predicted molar refractivity (Wildman–Crippen MR) is 114 cm³/mol. The number of nitrogens with zero attached hydrogens (tertiary/aromatic N) is 3. The Labute approximate surface area is 173 Å². The van der Waals surface area contributed by atoms with E-state index in [1.165, 1.54) is 16.9 Å². The van der Waals surface area contributed by atoms with Gasteiger partial charge in [0.05, 0.1) is 5.69 Å². The van der Waals surface area contributed by atoms with Crippen LogP contribution < -0.4 is 10.1 Å². The molecule has 0 radical (unpaired) electrons. The molecule has 0 aliphatic rings. The highest BCUT2D eigenvalue weighted by Crippen LogP contribution is 2.23. The van der Waals surface area contributed by atoms with E-state index in [-0.39, 0.29) is 18.3 Å². The highest BCUT2D eigenvalue weighted by molar-refractivity contribution is 5.95. The van der Waals surface area contributed by atoms with Gasteiger partial charge in [-0.1, -0.05) is 12.1 Å². The van der Waals surface area contributed by atoms with Crippen LogP contribution in [0.5, 0.6) is 5.75 Å². The number of halogens is 1. The van der Waals surface area contributed by atoms with Crippen LogP contribution in [-0.4, -0.2) is 27.5 Å². The molecule has 4 rings (SSSR count). The molecule has 1 heterocycles. The molecule has 0 bridgehead atoms. The largest absolute Gasteiger partial charge is 0.483 e. The summed E-state index contributed by atoms with van der Waals surface area (Å²) in [6.45, 7) is 5.76. The molecule has 30 heavy (non-hydrogen) atoms. The Morgan fingerprint density at radius 1 is 1.00 bits per heavy atom. The van der Waals surface area contributed by atoms with E-state index in [0.29, 0.717) is 28.2 Å². The van der Waals surface area contributed by atoms with Crippen molar-refractivity contribution in [2.45, 2.75) is 20.8 Å². The summed E-state index contributed by atoms with van der Waals surface area (Å²) in [5.41, 5.74) is 5.57. The van der Waals surface area contributed by atoms with Crippen molar-refractivity contribution in [1.82, 2.24) is 15.0 Å². The smallest absolute Gasteiger partial charge is 0.262 e. The van der Waals surface area contributed by atoms with E-state index in [9.17, 15) is 9.18 Å². The Morgan fingerprint density at radius 2 is 1.70 bits per heavy atom. The van der Waals surface area contributed by atoms with Crippen LogP contribution in [0.25, 0.3) is 16.7 Å². The average molecular weight is 404 g/mol. The van der Waals surface area contributed by atoms with Crippen LogP contribution in [0.1, 0.15) is 16.7 Å². The standard InChI is InChI=1S/C23H21FN4O2/c1-14-5-4-6-22(16(14)3)30-13-23(29)25-19-12-21-20(11-15(19)2)26-28(27-21)18-9-7-17(24)8-10-18/h4-12H,13H2,1-3H3,(H,25,29). The number of carbonyl (C=O) groups excluding carboxylic acids is 1. The van der Waals surface area contributed by atoms with Crippen molar-refractivity contribution in [3.8, 4) is 11.4 Å². The maximum absolute atomic E-state index is 13.1. The number of hydrogen-bond donors (Lipinski definition) is 1. The Hall–Kier alpha value is -3.74. The second kappa shape index (κ2) is 7.94. The molecular weight excluding hydrogens is 383 g/mol. The van der Waals surface area contributed by atoms with E-state index in [1.807, 2.05) is 45.0 Å². The van der Waals surface area contributed by atoms with Gasteiger partial charge < -0.3 is 10.1 Å². The molecule has 1 N–H and O–H groups in total. The van der Waals surface area contributed by atoms with Gasteiger partial charge in [-0.3, -0.25) is 4.79 Å². The van der Waals surface area contributed by atoms with E-state index in [4.69, 9.17) is 4.74 Å². The molecule has 0 aliphatic heterocycles. The minimum absolute atomic E-state index is 0.0932. The third-order valence-electron chi connectivity index (χ3n) is 4.97. The lowest BCUT2D eigenvalue weighted by Crippen LogP contribution is -2.21. The number of fused-ring (bicyclic) bond motifs is 1. The quantitative estimate of drug-likeness (QED) is 0.532. The first-order valence-corrected chi connectivity index (χ1v) is 9.53. The number of anilines is 1. The number of aromatic nitrogens is 3. The van der Waals surface area contributed by atoms with Crippen LogP contribution in [0.3, 0.4) is 0 Å². The van der Waals surface area contributed by atoms with Gasteiger partial charge in [-0.05, 0) is 79.9 Å². The molecule has 1 aromatic heterocycles. The Bertz CT molecular complexity index is 1230. The number of amides is 1. The molecular formula is C23H21FN4O2. The van der Waals surface area contributed by atoms with Crippen LogP contribution in [-0.2, 0) is 4.79 Å². The first kappa shape index (κ1) is 19.6. The highest BCUT2D eigenvalue weighted by Gasteiger charge is 2.12. The van der Waals surface area contributed by atoms with Gasteiger partial charge in [0.2, 0.25) is 0 Å². The van der Waals surface area contributed by atoms with Gasteiger partial charge >= 0.3 is 0 Å². The number of hydrogen-bond acceptors (Lipinski definition) is 4. The number of nitrogens with one attached hydrogen (secondary N) is 1. The van der Waals surface area contributed by atoms with Crippen molar-refractivity contribution in [3.05, 3.63) is 77.1 Å². The molecule has 0 saturated heterocycles. The van der Waals surface area contributed by atoms with Gasteiger partial charge in [-0.15, -0.1) is 10.2 Å². The van der Waals surface area contributed by atoms with E-state index in [1.54, 1.807) is 18.2 Å². The van der Waals surface area contributed by atoms with Gasteiger partial charge in [-0.25, -0.2) is 4.39 Å². The second-order valence-electron chi connectivity index (χ2n) is 7.16. The summed E-state index contributed by atoms with van der Waals surface area (Å²) < 4.78 is 18.8. The lowest BCUT2D eigenvalue weighted by Gasteiger charge is -2.12. The first-order chi connectivity index (χ1) is 14.4. The van der Waals surface area contributed by atoms with Crippen molar-refractivity contribution in [1.29, 1.82) is 0 Å². The van der Waals surface area contributed by atoms with E-state index >= 15 is 0 Å². The van der Waals surface area contributed by atoms with E-state index in [0.717, 1.165) is 16.7 Å². The maximum Gasteiger partial charge on any atom is 0.262 e. The summed E-state index contributed by atoms with van der Waals surface area (Å²) >= 11 is 0. The molecule has 0 atom stereocenters. The fourth-order valence-electron chi connectivity index (χ4n) is 3.10. The van der Waals surface area contributed by atoms with Crippen molar-refractivity contribution >= 4 is 22.6 Å². The number of rotatable bonds is 5. The molecule has 152 valence electrons. The fourth-order valence-corrected chi connectivity index (χ4v) is 3.10. The lowest BCUT2D eigenvalue weighted by molar-refractivity contribution is -0.118. The molecule has 6 nitrogen and oxygen atoms in total. The number of aryl methyl sites for hydroxylation is 2. The van der Waals surface area contributed by atoms with Crippen LogP contribution in [0.4, 0.5) is 10.1 Å². The Morgan fingerprint density at radius 3 is 2.43 bits per heavy atom. The normalized spacial score (nSPS) is 10.9. The maximum atomic E-state index is 13.1. The molecule has 0 saturated carbocycles. The van der Waals surface area contributed by atoms with Crippen molar-refractivity contribution in [2.75, 3.05) is 11.9 Å². The monoisotopic (exact) mass is 404 g/mol. The van der Waals surface area contributed by atoms with Crippen molar-refractivity contribution in [3.63, 3.8) is 0 Å². The molecule has 0 aliphatic carbocycles. The summed E-state index contributed by atoms with van der Waals surface area (Å²) in [5, 5.41) is 11.7. The summed E-state index contributed by atoms with van der Waals surface area (Å²) in [7, 11) is 0. The van der Waals surface area contributed by atoms with Crippen LogP contribution in [0, 0.1) is 26.6 Å². The fraction of sp³-hybridized carbons (Fsp3) is 0.174. The highest BCUT2D eigenvalue weighted by atomic mass is 19.1. The zero-order valence-electron chi connectivity index (χ0n) is 16.9. The zero-order chi connectivity index (χ0) is 21.3. The van der Waals surface area contributed by atoms with Crippen LogP contribution >= 0.6 is 0 Å². The average Bonchev–Trinajstić information content (AvgIpc) is 3.12. The summed E-state index contributed by atoms with van der Waals surface area (Å²) in [6, 6.07) is 15.3. The third kappa shape index (κ3) is 4.00. The van der Waals surface area contributed by atoms with Crippen LogP contribution in [0.2, 0.25) is 0 Å². The van der Waals surface area contributed by atoms with Gasteiger partial charge in [0, 0.05) is 5.69 Å². The molecule has 0 fully saturated rings. The topological polar surface area (TPSA) is 69.0 Å². The van der Waals surface area contributed by atoms with Gasteiger partial charge in [0.15, 0.2) is 6.61 Å². The van der Waals surface area contributed by atoms with Gasteiger partial charge in [0.1, 0.15) is 22.6 Å². The predicted octanol–water partition coefficient (Wildman–Crippen LogP) is 4.50. The molecule has 0 spiro atoms. The van der Waals surface area contributed by atoms with Crippen molar-refractivity contribution in [2.24, 2.45) is 0 Å². The Balaban J connectivity index is 1.51. The number of ether oxygens (including phenoxy) is 1. The first-order valence-electron chi connectivity index (χ1n) is 9.53. The summed E-state index contributed by atoms with van der Waals surface area (Å²) in [5.74, 6) is 0.114. The van der Waals surface area contributed by atoms with E-state index < -0.39 is 0 Å². The lowest BCUT2D eigenvalue weighted by atomic mass is 10.1. The minimum atomic E-state index is -0.320. The minimum Gasteiger partial charge on any atom is -0.483 e. The summed E-state index contributed by atoms with van der Waals surface area (Å²) in [6.07, 6.45) is 0. The van der Waals surface area contributed by atoms with Crippen LogP contribution in [0.15, 0.2) is 54.6 Å². The van der Waals surface area contributed by atoms with Crippen molar-refractivity contribution < 1.29 is 13.9 Å². The van der Waals surface area contributed by atoms with E-state index in [2.05, 4.69) is 15.5 Å². The Kier molecular flexibility index (Phi) is 5.18. The third-order valence-corrected chi connectivity index (χ3v) is 4.97. The number of benzene rings is 3. The number of carbonyl (C=O) groups is 1. The summed E-state index contributed by atoms with van der Waals surface area (Å²) in [4.78, 5) is 13.9. The second-order valence-corrected chi connectivity index (χ2v) is 7.16. The zero-order valence-corrected chi connectivity index (χ0v) is 16.9. The molecule has 4 aromatic rings. The SMILES string of the molecule is Cc1cc2nn(-c3ccc(F)cc3)nc2cc1NC(=O)COc1cccc(C)c1C. The van der Waals surface area contributed by atoms with Gasteiger partial charge in [-0.2, -0.15) is 4.80 Å². The molecule has 7 heteroatoms. The van der Waals surface area contributed by atoms with Gasteiger partial charge in [0.25, 0.3) is 5.91 Å². The molecule has 0 unspecified atom stereocenters.